The average molecular weight is 230 g/mol. The molecule has 90 valence electrons. The molecule has 2 aliphatic heterocycles. The molecule has 0 aromatic heterocycles. The Morgan fingerprint density at radius 3 is 1.88 bits per heavy atom. The van der Waals surface area contributed by atoms with E-state index in [1.807, 2.05) is 26.0 Å². The van der Waals surface area contributed by atoms with Gasteiger partial charge in [-0.1, -0.05) is 12.2 Å². The van der Waals surface area contributed by atoms with E-state index in [0.29, 0.717) is 13.2 Å². The smallest absolute Gasteiger partial charge is 0.323 e. The van der Waals surface area contributed by atoms with E-state index >= 15 is 0 Å². The molecule has 0 saturated carbocycles. The molecule has 2 bridgehead atoms. The van der Waals surface area contributed by atoms with E-state index in [0.717, 1.165) is 0 Å². The van der Waals surface area contributed by atoms with Gasteiger partial charge in [-0.3, -0.25) is 0 Å². The summed E-state index contributed by atoms with van der Waals surface area (Å²) in [4.78, 5) is 20.5. The lowest BCUT2D eigenvalue weighted by Crippen LogP contribution is -2.75. The Bertz CT molecular complexity index is 294. The van der Waals surface area contributed by atoms with Gasteiger partial charge < -0.3 is 9.47 Å². The molecule has 0 N–H and O–H groups in total. The Morgan fingerprint density at radius 2 is 1.56 bits per heavy atom. The lowest BCUT2D eigenvalue weighted by molar-refractivity contribution is -0.673. The van der Waals surface area contributed by atoms with Crippen LogP contribution in [0.25, 0.3) is 0 Å². The van der Waals surface area contributed by atoms with E-state index in [-0.39, 0.29) is 12.2 Å². The summed E-state index contributed by atoms with van der Waals surface area (Å²) in [6, 6.07) is 0. The monoisotopic (exact) mass is 230 g/mol. The zero-order chi connectivity index (χ0) is 11.2. The summed E-state index contributed by atoms with van der Waals surface area (Å²) < 4.78 is 11.1. The summed E-state index contributed by atoms with van der Waals surface area (Å²) in [5.74, 6) is -1.23. The van der Waals surface area contributed by atoms with E-state index in [4.69, 9.17) is 29.0 Å². The van der Waals surface area contributed by atoms with Crippen LogP contribution in [0.5, 0.6) is 0 Å². The first-order valence-electron chi connectivity index (χ1n) is 5.44. The molecule has 6 nitrogen and oxygen atoms in total. The van der Waals surface area contributed by atoms with Gasteiger partial charge in [-0.15, -0.1) is 0 Å². The summed E-state index contributed by atoms with van der Waals surface area (Å²) in [5.41, 5.74) is -0.862. The van der Waals surface area contributed by atoms with Crippen molar-refractivity contribution in [2.75, 3.05) is 13.2 Å². The predicted molar refractivity (Wildman–Crippen MR) is 49.8 cm³/mol. The first-order chi connectivity index (χ1) is 7.79. The van der Waals surface area contributed by atoms with E-state index < -0.39 is 11.6 Å². The molecule has 16 heavy (non-hydrogen) atoms. The van der Waals surface area contributed by atoms with Gasteiger partial charge in [0.25, 0.3) is 5.60 Å². The molecular formula is C10H14O6. The summed E-state index contributed by atoms with van der Waals surface area (Å²) in [6.45, 7) is 4.62. The number of hydrogen-bond donors (Lipinski definition) is 0. The highest BCUT2D eigenvalue weighted by atomic mass is 17.3. The van der Waals surface area contributed by atoms with Crippen LogP contribution in [0.3, 0.4) is 0 Å². The van der Waals surface area contributed by atoms with Crippen LogP contribution in [0.1, 0.15) is 13.8 Å². The van der Waals surface area contributed by atoms with Gasteiger partial charge in [-0.2, -0.15) is 4.89 Å². The van der Waals surface area contributed by atoms with Gasteiger partial charge >= 0.3 is 5.97 Å². The van der Waals surface area contributed by atoms with Gasteiger partial charge in [-0.25, -0.2) is 14.7 Å². The van der Waals surface area contributed by atoms with Crippen molar-refractivity contribution in [2.24, 2.45) is 0 Å². The first kappa shape index (κ1) is 10.6. The molecule has 1 unspecified atom stereocenters. The van der Waals surface area contributed by atoms with E-state index in [1.165, 1.54) is 0 Å². The van der Waals surface area contributed by atoms with Crippen molar-refractivity contribution in [3.8, 4) is 0 Å². The van der Waals surface area contributed by atoms with Crippen LogP contribution in [-0.4, -0.2) is 37.0 Å². The zero-order valence-electron chi connectivity index (χ0n) is 9.17. The quantitative estimate of drug-likeness (QED) is 0.402. The summed E-state index contributed by atoms with van der Waals surface area (Å²) >= 11 is 0. The van der Waals surface area contributed by atoms with Crippen LogP contribution < -0.4 is 0 Å². The molecule has 1 spiro atoms. The number of ether oxygens (including phenoxy) is 2. The molecule has 1 aliphatic carbocycles. The van der Waals surface area contributed by atoms with Crippen molar-refractivity contribution in [1.82, 2.24) is 0 Å². The molecule has 0 amide bonds. The third-order valence-electron chi connectivity index (χ3n) is 3.01. The second-order valence-electron chi connectivity index (χ2n) is 3.80. The van der Waals surface area contributed by atoms with Gasteiger partial charge in [0.2, 0.25) is 0 Å². The van der Waals surface area contributed by atoms with E-state index in [9.17, 15) is 0 Å². The van der Waals surface area contributed by atoms with Crippen LogP contribution in [0, 0.1) is 0 Å². The maximum Gasteiger partial charge on any atom is 0.351 e. The lowest BCUT2D eigenvalue weighted by Gasteiger charge is -2.52. The highest BCUT2D eigenvalue weighted by molar-refractivity contribution is 5.26. The molecular weight excluding hydrogens is 216 g/mol. The summed E-state index contributed by atoms with van der Waals surface area (Å²) in [5, 5.41) is 0. The van der Waals surface area contributed by atoms with Crippen LogP contribution in [0.4, 0.5) is 0 Å². The predicted octanol–water partition coefficient (Wildman–Crippen LogP) is 0.683. The first-order valence-corrected chi connectivity index (χ1v) is 5.44. The fraction of sp³-hybridized carbons (Fsp3) is 0.800. The number of hydrogen-bond acceptors (Lipinski definition) is 6. The maximum atomic E-state index is 5.56. The molecule has 0 aromatic rings. The highest BCUT2D eigenvalue weighted by Crippen LogP contribution is 2.55. The Hall–Kier alpha value is -0.500. The normalized spacial score (nSPS) is 42.9. The maximum absolute atomic E-state index is 5.56. The third kappa shape index (κ3) is 1.02. The Kier molecular flexibility index (Phi) is 2.32. The standard InChI is InChI=1S/C10H14O6/c1-3-11-10(12-4-2)9(15-16-10)7-5-6-8(9)14-13-7/h5-8H,3-4H2,1-2H3/t7-,8+,9?. The van der Waals surface area contributed by atoms with Crippen LogP contribution >= 0.6 is 0 Å². The van der Waals surface area contributed by atoms with Crippen molar-refractivity contribution in [2.45, 2.75) is 37.6 Å². The van der Waals surface area contributed by atoms with Gasteiger partial charge in [0.05, 0.1) is 0 Å². The summed E-state index contributed by atoms with van der Waals surface area (Å²) in [6.07, 6.45) is 3.01. The molecule has 6 heteroatoms. The molecule has 3 aliphatic rings. The van der Waals surface area contributed by atoms with Gasteiger partial charge in [0.1, 0.15) is 0 Å². The minimum Gasteiger partial charge on any atom is -0.323 e. The van der Waals surface area contributed by atoms with Crippen LogP contribution in [0.15, 0.2) is 12.2 Å². The van der Waals surface area contributed by atoms with Crippen molar-refractivity contribution in [1.29, 1.82) is 0 Å². The summed E-state index contributed by atoms with van der Waals surface area (Å²) in [7, 11) is 0. The van der Waals surface area contributed by atoms with Crippen molar-refractivity contribution >= 4 is 0 Å². The largest absolute Gasteiger partial charge is 0.351 e. The molecule has 0 aromatic carbocycles. The Labute approximate surface area is 92.9 Å². The van der Waals surface area contributed by atoms with Crippen LogP contribution in [0.2, 0.25) is 0 Å². The molecule has 0 radical (unpaired) electrons. The minimum atomic E-state index is -1.23. The Balaban J connectivity index is 1.90. The van der Waals surface area contributed by atoms with Gasteiger partial charge in [0, 0.05) is 13.2 Å². The molecule has 2 fully saturated rings. The van der Waals surface area contributed by atoms with Crippen molar-refractivity contribution in [3.05, 3.63) is 12.2 Å². The third-order valence-corrected chi connectivity index (χ3v) is 3.01. The lowest BCUT2D eigenvalue weighted by atomic mass is 9.92. The molecule has 2 heterocycles. The topological polar surface area (TPSA) is 55.4 Å². The second kappa shape index (κ2) is 3.49. The highest BCUT2D eigenvalue weighted by Gasteiger charge is 2.80. The van der Waals surface area contributed by atoms with Crippen molar-refractivity contribution < 1.29 is 29.0 Å². The van der Waals surface area contributed by atoms with E-state index in [2.05, 4.69) is 0 Å². The fourth-order valence-corrected chi connectivity index (χ4v) is 2.32. The number of rotatable bonds is 4. The van der Waals surface area contributed by atoms with Crippen LogP contribution in [-0.2, 0) is 29.0 Å². The zero-order valence-corrected chi connectivity index (χ0v) is 9.17. The molecule has 2 saturated heterocycles. The molecule has 3 rings (SSSR count). The second-order valence-corrected chi connectivity index (χ2v) is 3.80. The minimum absolute atomic E-state index is 0.357. The van der Waals surface area contributed by atoms with E-state index in [1.54, 1.807) is 0 Å². The SMILES string of the molecule is CCOC1(OCC)OOC12[C@@H]1C=C[C@H]2OO1. The van der Waals surface area contributed by atoms with Gasteiger partial charge in [0.15, 0.2) is 12.2 Å². The van der Waals surface area contributed by atoms with Gasteiger partial charge in [-0.05, 0) is 13.8 Å². The fourth-order valence-electron chi connectivity index (χ4n) is 2.32. The average Bonchev–Trinajstić information content (AvgIpc) is 2.84. The van der Waals surface area contributed by atoms with Crippen molar-refractivity contribution in [3.63, 3.8) is 0 Å². The molecule has 3 atom stereocenters. The Morgan fingerprint density at radius 1 is 1.00 bits per heavy atom.